The summed E-state index contributed by atoms with van der Waals surface area (Å²) in [7, 11) is 0. The van der Waals surface area contributed by atoms with Gasteiger partial charge in [-0.25, -0.2) is 4.98 Å². The summed E-state index contributed by atoms with van der Waals surface area (Å²) in [4.78, 5) is 14.0. The van der Waals surface area contributed by atoms with Crippen LogP contribution in [0, 0.1) is 0 Å². The normalized spacial score (nSPS) is 12.9. The number of aliphatic carboxylic acids is 1. The molecule has 1 aromatic rings. The van der Waals surface area contributed by atoms with Crippen LogP contribution < -0.4 is 0 Å². The first-order valence-electron chi connectivity index (χ1n) is 2.59. The van der Waals surface area contributed by atoms with Gasteiger partial charge in [0.15, 0.2) is 9.84 Å². The highest BCUT2D eigenvalue weighted by molar-refractivity contribution is 7.14. The van der Waals surface area contributed by atoms with Gasteiger partial charge in [-0.05, 0) is 0 Å². The topological polar surface area (TPSA) is 50.2 Å². The average molecular weight is 212 g/mol. The maximum atomic E-state index is 10.3. The smallest absolute Gasteiger partial charge is 0.327 e. The molecule has 0 bridgehead atoms. The van der Waals surface area contributed by atoms with Gasteiger partial charge in [0.25, 0.3) is 0 Å². The summed E-state index contributed by atoms with van der Waals surface area (Å²) >= 11 is 12.1. The van der Waals surface area contributed by atoms with E-state index in [1.54, 1.807) is 0 Å². The molecule has 1 atom stereocenters. The van der Waals surface area contributed by atoms with E-state index >= 15 is 0 Å². The van der Waals surface area contributed by atoms with Crippen LogP contribution >= 0.6 is 34.5 Å². The third kappa shape index (κ3) is 2.05. The Morgan fingerprint density at radius 2 is 2.45 bits per heavy atom. The average Bonchev–Trinajstić information content (AvgIpc) is 2.34. The molecule has 1 unspecified atom stereocenters. The van der Waals surface area contributed by atoms with E-state index in [1.165, 1.54) is 5.38 Å². The minimum Gasteiger partial charge on any atom is -0.480 e. The molecule has 0 aliphatic carbocycles. The van der Waals surface area contributed by atoms with Crippen LogP contribution in [0.3, 0.4) is 0 Å². The molecule has 0 saturated heterocycles. The Kier molecular flexibility index (Phi) is 2.70. The van der Waals surface area contributed by atoms with Gasteiger partial charge in [0.1, 0.15) is 0 Å². The number of nitrogens with zero attached hydrogens (tertiary/aromatic N) is 1. The summed E-state index contributed by atoms with van der Waals surface area (Å²) in [6.45, 7) is 0. The van der Waals surface area contributed by atoms with Crippen molar-refractivity contribution in [3.05, 3.63) is 15.5 Å². The molecule has 3 nitrogen and oxygen atoms in total. The highest BCUT2D eigenvalue weighted by atomic mass is 35.5. The van der Waals surface area contributed by atoms with Crippen molar-refractivity contribution in [1.29, 1.82) is 0 Å². The van der Waals surface area contributed by atoms with Crippen molar-refractivity contribution in [3.63, 3.8) is 0 Å². The molecule has 60 valence electrons. The first-order valence-corrected chi connectivity index (χ1v) is 4.28. The molecule has 1 aromatic heterocycles. The summed E-state index contributed by atoms with van der Waals surface area (Å²) in [6.07, 6.45) is 0. The van der Waals surface area contributed by atoms with Crippen LogP contribution in [0.25, 0.3) is 0 Å². The van der Waals surface area contributed by atoms with E-state index in [-0.39, 0.29) is 5.69 Å². The van der Waals surface area contributed by atoms with Gasteiger partial charge in [-0.3, -0.25) is 4.79 Å². The predicted molar refractivity (Wildman–Crippen MR) is 43.4 cm³/mol. The zero-order chi connectivity index (χ0) is 8.43. The quantitative estimate of drug-likeness (QED) is 0.764. The van der Waals surface area contributed by atoms with Crippen LogP contribution in [0.5, 0.6) is 0 Å². The summed E-state index contributed by atoms with van der Waals surface area (Å²) in [5.74, 6) is -1.12. The van der Waals surface area contributed by atoms with Crippen LogP contribution in [0.4, 0.5) is 0 Å². The number of hydrogen-bond donors (Lipinski definition) is 1. The summed E-state index contributed by atoms with van der Waals surface area (Å²) in [6, 6.07) is 0. The lowest BCUT2D eigenvalue weighted by Crippen LogP contribution is -2.04. The number of hydrogen-bond acceptors (Lipinski definition) is 3. The van der Waals surface area contributed by atoms with E-state index in [2.05, 4.69) is 4.98 Å². The highest BCUT2D eigenvalue weighted by Crippen LogP contribution is 2.24. The van der Waals surface area contributed by atoms with Crippen molar-refractivity contribution in [2.75, 3.05) is 0 Å². The van der Waals surface area contributed by atoms with E-state index in [1.807, 2.05) is 0 Å². The molecule has 0 saturated carbocycles. The Balaban J connectivity index is 2.84. The third-order valence-electron chi connectivity index (χ3n) is 0.970. The molecule has 0 aliphatic rings. The van der Waals surface area contributed by atoms with Gasteiger partial charge in [-0.15, -0.1) is 22.9 Å². The van der Waals surface area contributed by atoms with Crippen molar-refractivity contribution in [2.24, 2.45) is 0 Å². The Labute approximate surface area is 76.6 Å². The Morgan fingerprint density at radius 3 is 2.82 bits per heavy atom. The van der Waals surface area contributed by atoms with Gasteiger partial charge < -0.3 is 5.11 Å². The van der Waals surface area contributed by atoms with Gasteiger partial charge in [0.2, 0.25) is 0 Å². The van der Waals surface area contributed by atoms with Crippen molar-refractivity contribution in [1.82, 2.24) is 4.98 Å². The molecule has 0 aromatic carbocycles. The number of rotatable bonds is 2. The molecular formula is C5H3Cl2NO2S. The summed E-state index contributed by atoms with van der Waals surface area (Å²) in [5, 5.41) is 8.86. The predicted octanol–water partition coefficient (Wildman–Crippen LogP) is 2.16. The Bertz CT molecular complexity index is 275. The number of aromatic nitrogens is 1. The molecule has 11 heavy (non-hydrogen) atoms. The largest absolute Gasteiger partial charge is 0.480 e. The zero-order valence-electron chi connectivity index (χ0n) is 5.12. The molecule has 1 N–H and O–H groups in total. The zero-order valence-corrected chi connectivity index (χ0v) is 7.45. The second kappa shape index (κ2) is 3.38. The minimum atomic E-state index is -1.12. The van der Waals surface area contributed by atoms with Crippen molar-refractivity contribution < 1.29 is 9.90 Å². The van der Waals surface area contributed by atoms with Gasteiger partial charge >= 0.3 is 5.97 Å². The van der Waals surface area contributed by atoms with Crippen LogP contribution in [0.2, 0.25) is 4.47 Å². The second-order valence-corrected chi connectivity index (χ2v) is 3.60. The van der Waals surface area contributed by atoms with E-state index in [0.29, 0.717) is 4.47 Å². The van der Waals surface area contributed by atoms with E-state index in [9.17, 15) is 4.79 Å². The molecule has 0 fully saturated rings. The standard InChI is InChI=1S/C5H3Cl2NO2S/c6-3(4(9)10)2-1-11-5(7)8-2/h1,3H,(H,9,10). The monoisotopic (exact) mass is 211 g/mol. The maximum Gasteiger partial charge on any atom is 0.327 e. The summed E-state index contributed by atoms with van der Waals surface area (Å²) in [5.41, 5.74) is 0.286. The van der Waals surface area contributed by atoms with Crippen molar-refractivity contribution >= 4 is 40.5 Å². The van der Waals surface area contributed by atoms with Crippen LogP contribution in [0.1, 0.15) is 11.1 Å². The Morgan fingerprint density at radius 1 is 1.82 bits per heavy atom. The van der Waals surface area contributed by atoms with Gasteiger partial charge in [0, 0.05) is 5.38 Å². The molecule has 0 radical (unpaired) electrons. The molecule has 6 heteroatoms. The lowest BCUT2D eigenvalue weighted by Gasteiger charge is -1.96. The number of carbonyl (C=O) groups is 1. The number of carboxylic acid groups (broad SMARTS) is 1. The highest BCUT2D eigenvalue weighted by Gasteiger charge is 2.18. The molecule has 0 spiro atoms. The molecule has 0 amide bonds. The van der Waals surface area contributed by atoms with Gasteiger partial charge in [0.05, 0.1) is 5.69 Å². The number of carboxylic acids is 1. The second-order valence-electron chi connectivity index (χ2n) is 1.73. The SMILES string of the molecule is O=C(O)C(Cl)c1csc(Cl)n1. The first-order chi connectivity index (χ1) is 5.11. The van der Waals surface area contributed by atoms with Crippen molar-refractivity contribution in [3.8, 4) is 0 Å². The number of halogens is 2. The minimum absolute atomic E-state index is 0.286. The van der Waals surface area contributed by atoms with Crippen LogP contribution in [0.15, 0.2) is 5.38 Å². The number of alkyl halides is 1. The van der Waals surface area contributed by atoms with Crippen molar-refractivity contribution in [2.45, 2.75) is 5.38 Å². The lowest BCUT2D eigenvalue weighted by molar-refractivity contribution is -0.136. The van der Waals surface area contributed by atoms with Gasteiger partial charge in [-0.2, -0.15) is 0 Å². The maximum absolute atomic E-state index is 10.3. The summed E-state index contributed by atoms with van der Waals surface area (Å²) < 4.78 is 0.298. The Hall–Kier alpha value is -0.320. The third-order valence-corrected chi connectivity index (χ3v) is 2.38. The molecule has 1 heterocycles. The van der Waals surface area contributed by atoms with E-state index < -0.39 is 11.3 Å². The van der Waals surface area contributed by atoms with E-state index in [4.69, 9.17) is 28.3 Å². The molecular weight excluding hydrogens is 209 g/mol. The lowest BCUT2D eigenvalue weighted by atomic mass is 10.3. The number of thiazole rings is 1. The first kappa shape index (κ1) is 8.77. The molecule has 1 rings (SSSR count). The van der Waals surface area contributed by atoms with Crippen LogP contribution in [-0.4, -0.2) is 16.1 Å². The molecule has 0 aliphatic heterocycles. The van der Waals surface area contributed by atoms with E-state index in [0.717, 1.165) is 11.3 Å². The van der Waals surface area contributed by atoms with Gasteiger partial charge in [-0.1, -0.05) is 11.6 Å². The van der Waals surface area contributed by atoms with Crippen LogP contribution in [-0.2, 0) is 4.79 Å². The fourth-order valence-electron chi connectivity index (χ4n) is 0.506. The fourth-order valence-corrected chi connectivity index (χ4v) is 1.49. The fraction of sp³-hybridized carbons (Fsp3) is 0.200.